The van der Waals surface area contributed by atoms with Gasteiger partial charge in [-0.1, -0.05) is 272 Å². The second kappa shape index (κ2) is 43.0. The number of imidazole rings is 1. The van der Waals surface area contributed by atoms with E-state index in [2.05, 4.69) is 414 Å². The molecule has 0 amide bonds. The van der Waals surface area contributed by atoms with Crippen LogP contribution in [-0.4, -0.2) is 94.8 Å². The molecule has 112 heavy (non-hydrogen) atoms. The van der Waals surface area contributed by atoms with Crippen LogP contribution in [0.4, 0.5) is 0 Å². The summed E-state index contributed by atoms with van der Waals surface area (Å²) in [7, 11) is 0. The Morgan fingerprint density at radius 1 is 0.321 bits per heavy atom. The van der Waals surface area contributed by atoms with Crippen LogP contribution in [-0.2, 0) is 87.4 Å². The van der Waals surface area contributed by atoms with Crippen molar-refractivity contribution in [1.29, 1.82) is 0 Å². The van der Waals surface area contributed by atoms with E-state index in [1.54, 1.807) is 33.7 Å². The Bertz CT molecular complexity index is 2820. The van der Waals surface area contributed by atoms with Crippen molar-refractivity contribution < 1.29 is 13.5 Å². The molecule has 0 spiro atoms. The first-order valence-electron chi connectivity index (χ1n) is 37.0. The van der Waals surface area contributed by atoms with Crippen LogP contribution in [0.2, 0.25) is 0 Å². The minimum atomic E-state index is -0.0868. The maximum Gasteiger partial charge on any atom is 0.362 e. The molecule has 8 aromatic rings. The fourth-order valence-corrected chi connectivity index (χ4v) is 8.31. The van der Waals surface area contributed by atoms with Gasteiger partial charge in [0.2, 0.25) is 0 Å². The van der Waals surface area contributed by atoms with Crippen molar-refractivity contribution in [3.8, 4) is 0 Å². The Hall–Kier alpha value is -6.39. The minimum absolute atomic E-state index is 0. The average Bonchev–Trinajstić information content (AvgIpc) is 1.75. The van der Waals surface area contributed by atoms with Gasteiger partial charge in [-0.05, 0) is 114 Å². The molecule has 0 N–H and O–H groups in total. The largest absolute Gasteiger partial charge is 0.445 e. The van der Waals surface area contributed by atoms with E-state index in [1.165, 1.54) is 0 Å². The maximum absolute atomic E-state index is 5.70. The van der Waals surface area contributed by atoms with Crippen molar-refractivity contribution in [2.45, 2.75) is 479 Å². The Morgan fingerprint density at radius 2 is 0.741 bits per heavy atom. The van der Waals surface area contributed by atoms with E-state index in [1.807, 2.05) is 39.0 Å². The van der Waals surface area contributed by atoms with E-state index >= 15 is 0 Å². The van der Waals surface area contributed by atoms with Gasteiger partial charge >= 0.3 is 6.39 Å². The van der Waals surface area contributed by atoms with Gasteiger partial charge < -0.3 is 13.4 Å². The summed E-state index contributed by atoms with van der Waals surface area (Å²) in [5.74, 6) is 4.25. The van der Waals surface area contributed by atoms with E-state index in [-0.39, 0.29) is 147 Å². The van der Waals surface area contributed by atoms with E-state index in [4.69, 9.17) is 8.83 Å². The number of tetrazole rings is 1. The predicted molar refractivity (Wildman–Crippen MR) is 484 cm³/mol. The molecule has 0 saturated carbocycles. The monoisotopic (exact) mass is 1600 g/mol. The standard InChI is InChI=1S/C11H20N2.C11H19NO.3C10H19N3.C10H19N2O.C10H18N2S.C9H18N4.8CH4/c1-10(2,3)9-7-13(8-12-9)11(4,5)6;1-10(2,3)8-7-12-9(13-8)11(4,5)6;1-9(2,3)8-11-7-13(12-8)10(4,5)6;1-9(2,3)8-7-13(12-11-8)10(4,5)6;1-9(2,3)8-7-11-13(12-8)10(4,5)6;1-9(2,3)8-11-12(7-13-8)10(4,5)6;1-9(2,3)7-11-12-8(13-7)10(4,5)6;1-8(2,3)7-10-12-13(11-7)9(4,5)6;;;;;;;;/h7-8H,1-6H3;5*7H,1-6H3;2*1-6H3;8*1H4/q;;;;;+1;;;;;;;;;;. The molecule has 0 aliphatic carbocycles. The zero-order chi connectivity index (χ0) is 82.2. The van der Waals surface area contributed by atoms with E-state index < -0.39 is 0 Å². The van der Waals surface area contributed by atoms with Crippen molar-refractivity contribution in [3.05, 3.63) is 100 Å². The third-order valence-electron chi connectivity index (χ3n) is 14.9. The Morgan fingerprint density at radius 3 is 0.946 bits per heavy atom. The van der Waals surface area contributed by atoms with Gasteiger partial charge in [0.05, 0.1) is 58.0 Å². The summed E-state index contributed by atoms with van der Waals surface area (Å²) >= 11 is 1.72. The lowest BCUT2D eigenvalue weighted by Crippen LogP contribution is -2.51. The van der Waals surface area contributed by atoms with Gasteiger partial charge in [0, 0.05) is 98.0 Å². The lowest BCUT2D eigenvalue weighted by Gasteiger charge is -2.20. The quantitative estimate of drug-likeness (QED) is 0.128. The number of aromatic nitrogens is 20. The van der Waals surface area contributed by atoms with E-state index in [0.29, 0.717) is 0 Å². The van der Waals surface area contributed by atoms with E-state index in [0.717, 1.165) is 56.3 Å². The highest BCUT2D eigenvalue weighted by atomic mass is 32.1. The second-order valence-electron chi connectivity index (χ2n) is 43.6. The lowest BCUT2D eigenvalue weighted by atomic mass is 9.93. The van der Waals surface area contributed by atoms with Crippen LogP contribution >= 0.6 is 11.3 Å². The molecular weight excluding hydrogens is 1410 g/mol. The summed E-state index contributed by atoms with van der Waals surface area (Å²) in [6, 6.07) is 0. The van der Waals surface area contributed by atoms with Gasteiger partial charge in [-0.2, -0.15) is 24.9 Å². The van der Waals surface area contributed by atoms with Gasteiger partial charge in [-0.3, -0.25) is 0 Å². The fraction of sp³-hybridized carbons (Fsp3) is 0.809. The molecule has 8 heterocycles. The molecule has 0 aromatic carbocycles. The maximum atomic E-state index is 5.70. The summed E-state index contributed by atoms with van der Waals surface area (Å²) in [4.78, 5) is 16.4. The molecule has 656 valence electrons. The highest BCUT2D eigenvalue weighted by Gasteiger charge is 2.33. The summed E-state index contributed by atoms with van der Waals surface area (Å²) in [6.07, 6.45) is 13.3. The lowest BCUT2D eigenvalue weighted by molar-refractivity contribution is -0.806. The summed E-state index contributed by atoms with van der Waals surface area (Å²) in [5.41, 5.74) is 3.94. The van der Waals surface area contributed by atoms with Crippen molar-refractivity contribution in [1.82, 2.24) is 94.8 Å². The SMILES string of the molecule is C.C.C.C.C.C.C.C.CC(C)(C)c1cn(C(C)(C)C)cn1.CC(C)(C)c1cn(C(C)(C)C)nn1.CC(C)(C)c1cnc(C(C)(C)C)o1.CC(C)(C)c1cnn(C(C)(C)C)n1.CC(C)(C)c1n[n+](C(C)(C)C)co1.CC(C)(C)c1ncn(C(C)(C)C)n1.CC(C)(C)c1nnc(C(C)(C)C)s1.CC(C)(C)c1nnn(C(C)(C)C)n1. The van der Waals surface area contributed by atoms with Crippen molar-refractivity contribution in [3.63, 3.8) is 0 Å². The molecule has 0 bridgehead atoms. The Labute approximate surface area is 695 Å². The Balaban J connectivity index is -0.000000182. The molecule has 8 rings (SSSR count). The number of hydrogen-bond acceptors (Lipinski definition) is 17. The fourth-order valence-electron chi connectivity index (χ4n) is 7.35. The molecule has 22 nitrogen and oxygen atoms in total. The number of oxazole rings is 1. The average molecular weight is 1600 g/mol. The Kier molecular flexibility index (Phi) is 46.6. The van der Waals surface area contributed by atoms with Crippen LogP contribution in [0.5, 0.6) is 0 Å². The van der Waals surface area contributed by atoms with Gasteiger partial charge in [-0.15, -0.1) is 36.8 Å². The first-order valence-corrected chi connectivity index (χ1v) is 37.9. The number of rotatable bonds is 0. The second-order valence-corrected chi connectivity index (χ2v) is 44.6. The molecule has 0 aliphatic rings. The highest BCUT2D eigenvalue weighted by molar-refractivity contribution is 7.11. The van der Waals surface area contributed by atoms with Crippen LogP contribution in [0, 0.1) is 0 Å². The molecule has 0 aliphatic heterocycles. The third kappa shape index (κ3) is 41.8. The summed E-state index contributed by atoms with van der Waals surface area (Å²) < 4.78 is 18.9. The smallest absolute Gasteiger partial charge is 0.362 e. The molecule has 8 aromatic heterocycles. The molecule has 0 atom stereocenters. The van der Waals surface area contributed by atoms with Crippen LogP contribution in [0.1, 0.15) is 448 Å². The van der Waals surface area contributed by atoms with E-state index in [9.17, 15) is 0 Å². The van der Waals surface area contributed by atoms with Crippen LogP contribution < -0.4 is 4.68 Å². The number of nitrogens with zero attached hydrogens (tertiary/aromatic N) is 20. The topological polar surface area (TPSA) is 235 Å². The van der Waals surface area contributed by atoms with Crippen molar-refractivity contribution in [2.75, 3.05) is 0 Å². The van der Waals surface area contributed by atoms with Crippen molar-refractivity contribution >= 4 is 11.3 Å². The van der Waals surface area contributed by atoms with Gasteiger partial charge in [0.1, 0.15) is 22.1 Å². The zero-order valence-corrected chi connectivity index (χ0v) is 76.0. The zero-order valence-electron chi connectivity index (χ0n) is 75.2. The summed E-state index contributed by atoms with van der Waals surface area (Å²) in [6.45, 7) is 102. The third-order valence-corrected chi connectivity index (χ3v) is 16.6. The molecular formula is C89H183N20O2S+. The highest BCUT2D eigenvalue weighted by Crippen LogP contribution is 2.33. The van der Waals surface area contributed by atoms with Gasteiger partial charge in [-0.25, -0.2) is 24.3 Å². The normalized spacial score (nSPS) is 12.4. The molecule has 0 fully saturated rings. The predicted octanol–water partition coefficient (Wildman–Crippen LogP) is 25.2. The minimum Gasteiger partial charge on any atom is -0.445 e. The first kappa shape index (κ1) is 121. The van der Waals surface area contributed by atoms with Crippen LogP contribution in [0.3, 0.4) is 0 Å². The van der Waals surface area contributed by atoms with Crippen LogP contribution in [0.15, 0.2) is 52.7 Å². The molecule has 0 saturated heterocycles. The molecule has 0 unspecified atom stereocenters. The summed E-state index contributed by atoms with van der Waals surface area (Å²) in [5, 5.41) is 49.0. The van der Waals surface area contributed by atoms with Gasteiger partial charge in [0.15, 0.2) is 23.1 Å². The van der Waals surface area contributed by atoms with Crippen LogP contribution in [0.25, 0.3) is 0 Å². The first-order chi connectivity index (χ1) is 45.7. The van der Waals surface area contributed by atoms with Crippen molar-refractivity contribution in [2.24, 2.45) is 0 Å². The molecule has 23 heteroatoms. The van der Waals surface area contributed by atoms with Gasteiger partial charge in [0.25, 0.3) is 5.89 Å². The molecule has 0 radical (unpaired) electrons. The number of hydrogen-bond donors (Lipinski definition) is 0.